The average Bonchev–Trinajstić information content (AvgIpc) is 3.64. The minimum absolute atomic E-state index is 0.0379. The third-order valence-corrected chi connectivity index (χ3v) is 6.55. The second kappa shape index (κ2) is 10.2. The van der Waals surface area contributed by atoms with E-state index >= 15 is 0 Å². The van der Waals surface area contributed by atoms with E-state index in [1.807, 2.05) is 31.7 Å². The van der Waals surface area contributed by atoms with Crippen LogP contribution < -0.4 is 10.1 Å². The first kappa shape index (κ1) is 24.7. The number of carbonyl (C=O) groups is 3. The van der Waals surface area contributed by atoms with Crippen LogP contribution in [0.4, 0.5) is 5.69 Å². The molecule has 37 heavy (non-hydrogen) atoms. The van der Waals surface area contributed by atoms with E-state index in [1.165, 1.54) is 0 Å². The molecule has 0 bridgehead atoms. The van der Waals surface area contributed by atoms with Crippen LogP contribution in [-0.4, -0.2) is 74.6 Å². The zero-order chi connectivity index (χ0) is 26.1. The number of nitrogens with zero attached hydrogens (tertiary/aromatic N) is 5. The number of ether oxygens (including phenoxy) is 1. The van der Waals surface area contributed by atoms with Crippen molar-refractivity contribution in [2.75, 3.05) is 31.5 Å². The number of carbonyl (C=O) groups excluding carboxylic acids is 3. The predicted molar refractivity (Wildman–Crippen MR) is 138 cm³/mol. The molecule has 3 heterocycles. The van der Waals surface area contributed by atoms with Gasteiger partial charge in [0.05, 0.1) is 17.3 Å². The Labute approximate surface area is 215 Å². The summed E-state index contributed by atoms with van der Waals surface area (Å²) in [4.78, 5) is 46.0. The summed E-state index contributed by atoms with van der Waals surface area (Å²) in [5.41, 5.74) is 2.24. The fourth-order valence-electron chi connectivity index (χ4n) is 4.49. The molecule has 2 fully saturated rings. The van der Waals surface area contributed by atoms with Gasteiger partial charge in [-0.05, 0) is 51.8 Å². The van der Waals surface area contributed by atoms with Gasteiger partial charge < -0.3 is 19.9 Å². The summed E-state index contributed by atoms with van der Waals surface area (Å²) in [5.74, 6) is 0.552. The normalized spacial score (nSPS) is 15.8. The number of rotatable bonds is 7. The first-order valence-corrected chi connectivity index (χ1v) is 12.8. The van der Waals surface area contributed by atoms with E-state index in [0.29, 0.717) is 48.8 Å². The monoisotopic (exact) mass is 504 g/mol. The lowest BCUT2D eigenvalue weighted by molar-refractivity contribution is -0.140. The zero-order valence-electron chi connectivity index (χ0n) is 21.4. The van der Waals surface area contributed by atoms with Crippen LogP contribution in [0.15, 0.2) is 36.5 Å². The van der Waals surface area contributed by atoms with Gasteiger partial charge in [0.1, 0.15) is 18.0 Å². The maximum atomic E-state index is 12.9. The Morgan fingerprint density at radius 1 is 1.08 bits per heavy atom. The molecule has 0 unspecified atom stereocenters. The number of fused-ring (bicyclic) bond motifs is 1. The van der Waals surface area contributed by atoms with Gasteiger partial charge in [0.15, 0.2) is 0 Å². The van der Waals surface area contributed by atoms with E-state index in [-0.39, 0.29) is 36.3 Å². The maximum absolute atomic E-state index is 12.9. The highest BCUT2D eigenvalue weighted by atomic mass is 16.5. The third-order valence-electron chi connectivity index (χ3n) is 6.55. The van der Waals surface area contributed by atoms with Gasteiger partial charge in [0, 0.05) is 55.4 Å². The lowest BCUT2D eigenvalue weighted by atomic mass is 10.2. The van der Waals surface area contributed by atoms with Crippen molar-refractivity contribution in [3.63, 3.8) is 0 Å². The Bertz CT molecular complexity index is 1340. The molecule has 3 amide bonds. The summed E-state index contributed by atoms with van der Waals surface area (Å²) in [7, 11) is 0. The summed E-state index contributed by atoms with van der Waals surface area (Å²) < 4.78 is 7.57. The van der Waals surface area contributed by atoms with Crippen molar-refractivity contribution in [1.82, 2.24) is 24.6 Å². The summed E-state index contributed by atoms with van der Waals surface area (Å²) in [6, 6.07) is 8.86. The van der Waals surface area contributed by atoms with Crippen LogP contribution in [0.5, 0.6) is 5.75 Å². The molecule has 0 atom stereocenters. The highest BCUT2D eigenvalue weighted by Gasteiger charge is 2.35. The van der Waals surface area contributed by atoms with Crippen LogP contribution in [0.1, 0.15) is 42.9 Å². The fraction of sp³-hybridized carbons (Fsp3) is 0.444. The Morgan fingerprint density at radius 2 is 1.81 bits per heavy atom. The number of aromatic nitrogens is 3. The molecule has 10 heteroatoms. The zero-order valence-corrected chi connectivity index (χ0v) is 21.4. The molecule has 3 aromatic rings. The average molecular weight is 505 g/mol. The summed E-state index contributed by atoms with van der Waals surface area (Å²) in [5, 5.41) is 8.26. The predicted octanol–water partition coefficient (Wildman–Crippen LogP) is 2.86. The molecular weight excluding hydrogens is 472 g/mol. The van der Waals surface area contributed by atoms with E-state index < -0.39 is 0 Å². The molecule has 10 nitrogen and oxygen atoms in total. The molecule has 0 spiro atoms. The van der Waals surface area contributed by atoms with Crippen molar-refractivity contribution >= 4 is 34.3 Å². The van der Waals surface area contributed by atoms with E-state index in [0.717, 1.165) is 23.9 Å². The van der Waals surface area contributed by atoms with Crippen molar-refractivity contribution in [2.24, 2.45) is 5.92 Å². The molecule has 1 N–H and O–H groups in total. The summed E-state index contributed by atoms with van der Waals surface area (Å²) in [6.07, 6.45) is 3.66. The standard InChI is InChI=1S/C27H32N6O4/c1-17(2)37-24-14-22-20(13-23(24)29-26(35)21-6-4-5-18(3)28-21)15-33(30-22)16-25(34)31-9-11-32(12-10-31)27(36)19-7-8-19/h4-6,13-15,17,19H,7-12,16H2,1-3H3,(H,29,35). The van der Waals surface area contributed by atoms with Crippen molar-refractivity contribution < 1.29 is 19.1 Å². The van der Waals surface area contributed by atoms with Crippen LogP contribution in [-0.2, 0) is 16.1 Å². The second-order valence-electron chi connectivity index (χ2n) is 10.00. The third kappa shape index (κ3) is 5.73. The SMILES string of the molecule is Cc1cccc(C(=O)Nc2cc3cn(CC(=O)N4CCN(C(=O)C5CC5)CC4)nc3cc2OC(C)C)n1. The number of hydrogen-bond donors (Lipinski definition) is 1. The Balaban J connectivity index is 1.30. The van der Waals surface area contributed by atoms with E-state index in [4.69, 9.17) is 4.74 Å². The molecule has 2 aliphatic rings. The lowest BCUT2D eigenvalue weighted by Crippen LogP contribution is -2.51. The first-order chi connectivity index (χ1) is 17.8. The topological polar surface area (TPSA) is 110 Å². The van der Waals surface area contributed by atoms with E-state index in [1.54, 1.807) is 40.0 Å². The first-order valence-electron chi connectivity index (χ1n) is 12.8. The number of anilines is 1. The van der Waals surface area contributed by atoms with Crippen LogP contribution in [0, 0.1) is 12.8 Å². The number of amides is 3. The Hall–Kier alpha value is -3.95. The molecule has 1 saturated carbocycles. The summed E-state index contributed by atoms with van der Waals surface area (Å²) in [6.45, 7) is 7.98. The summed E-state index contributed by atoms with van der Waals surface area (Å²) >= 11 is 0. The molecule has 1 aromatic carbocycles. The number of aryl methyl sites for hydroxylation is 1. The molecule has 5 rings (SSSR count). The lowest BCUT2D eigenvalue weighted by Gasteiger charge is -2.34. The highest BCUT2D eigenvalue weighted by molar-refractivity contribution is 6.05. The van der Waals surface area contributed by atoms with E-state index in [2.05, 4.69) is 15.4 Å². The van der Waals surface area contributed by atoms with E-state index in [9.17, 15) is 14.4 Å². The largest absolute Gasteiger partial charge is 0.489 e. The van der Waals surface area contributed by atoms with Crippen molar-refractivity contribution in [3.8, 4) is 5.75 Å². The van der Waals surface area contributed by atoms with Gasteiger partial charge in [-0.1, -0.05) is 6.07 Å². The van der Waals surface area contributed by atoms with Gasteiger partial charge in [0.25, 0.3) is 5.91 Å². The van der Waals surface area contributed by atoms with Gasteiger partial charge in [-0.25, -0.2) is 4.98 Å². The number of nitrogens with one attached hydrogen (secondary N) is 1. The van der Waals surface area contributed by atoms with Crippen LogP contribution in [0.2, 0.25) is 0 Å². The maximum Gasteiger partial charge on any atom is 0.274 e. The number of benzene rings is 1. The van der Waals surface area contributed by atoms with Gasteiger partial charge in [-0.2, -0.15) is 5.10 Å². The quantitative estimate of drug-likeness (QED) is 0.530. The van der Waals surface area contributed by atoms with Gasteiger partial charge in [-0.15, -0.1) is 0 Å². The van der Waals surface area contributed by atoms with Crippen LogP contribution in [0.25, 0.3) is 10.9 Å². The highest BCUT2D eigenvalue weighted by Crippen LogP contribution is 2.32. The Kier molecular flexibility index (Phi) is 6.82. The molecule has 1 saturated heterocycles. The van der Waals surface area contributed by atoms with Crippen molar-refractivity contribution in [2.45, 2.75) is 46.3 Å². The minimum atomic E-state index is -0.335. The second-order valence-corrected chi connectivity index (χ2v) is 10.00. The molecule has 1 aliphatic carbocycles. The molecular formula is C27H32N6O4. The van der Waals surface area contributed by atoms with Crippen molar-refractivity contribution in [1.29, 1.82) is 0 Å². The van der Waals surface area contributed by atoms with Gasteiger partial charge in [0.2, 0.25) is 11.8 Å². The van der Waals surface area contributed by atoms with Crippen molar-refractivity contribution in [3.05, 3.63) is 47.9 Å². The molecule has 2 aromatic heterocycles. The minimum Gasteiger partial charge on any atom is -0.489 e. The molecule has 194 valence electrons. The number of pyridine rings is 1. The van der Waals surface area contributed by atoms with Crippen LogP contribution in [0.3, 0.4) is 0 Å². The van der Waals surface area contributed by atoms with Crippen LogP contribution >= 0.6 is 0 Å². The molecule has 0 radical (unpaired) electrons. The smallest absolute Gasteiger partial charge is 0.274 e. The molecule has 1 aliphatic heterocycles. The van der Waals surface area contributed by atoms with Gasteiger partial charge in [-0.3, -0.25) is 19.1 Å². The number of hydrogen-bond acceptors (Lipinski definition) is 6. The van der Waals surface area contributed by atoms with Gasteiger partial charge >= 0.3 is 0 Å². The Morgan fingerprint density at radius 3 is 2.49 bits per heavy atom. The fourth-order valence-corrected chi connectivity index (χ4v) is 4.49. The number of piperazine rings is 1.